The zero-order valence-corrected chi connectivity index (χ0v) is 21.1. The van der Waals surface area contributed by atoms with E-state index < -0.39 is 6.10 Å². The van der Waals surface area contributed by atoms with Gasteiger partial charge >= 0.3 is 0 Å². The van der Waals surface area contributed by atoms with E-state index in [1.54, 1.807) is 21.0 Å². The lowest BCUT2D eigenvalue weighted by atomic mass is 10.0. The van der Waals surface area contributed by atoms with Gasteiger partial charge in [0.15, 0.2) is 17.6 Å². The molecule has 0 spiro atoms. The maximum absolute atomic E-state index is 12.2. The van der Waals surface area contributed by atoms with E-state index in [4.69, 9.17) is 9.47 Å². The van der Waals surface area contributed by atoms with E-state index in [1.165, 1.54) is 10.5 Å². The van der Waals surface area contributed by atoms with Crippen LogP contribution in [0.2, 0.25) is 0 Å². The Bertz CT molecular complexity index is 838. The number of amides is 1. The fourth-order valence-electron chi connectivity index (χ4n) is 3.97. The summed E-state index contributed by atoms with van der Waals surface area (Å²) >= 11 is 0. The number of carbonyl (C=O) groups excluding carboxylic acids is 1. The molecule has 0 heterocycles. The summed E-state index contributed by atoms with van der Waals surface area (Å²) in [5, 5.41) is 3.64. The Balaban J connectivity index is 2.04. The van der Waals surface area contributed by atoms with E-state index in [2.05, 4.69) is 54.4 Å². The van der Waals surface area contributed by atoms with E-state index in [0.29, 0.717) is 24.1 Å². The predicted molar refractivity (Wildman–Crippen MR) is 135 cm³/mol. The molecule has 0 aromatic heterocycles. The van der Waals surface area contributed by atoms with Crippen LogP contribution >= 0.6 is 0 Å². The van der Waals surface area contributed by atoms with Gasteiger partial charge in [0.05, 0.1) is 6.61 Å². The molecule has 0 bridgehead atoms. The van der Waals surface area contributed by atoms with Gasteiger partial charge in [-0.1, -0.05) is 50.2 Å². The second-order valence-corrected chi connectivity index (χ2v) is 8.40. The molecule has 0 aliphatic carbocycles. The number of ether oxygens (including phenoxy) is 2. The van der Waals surface area contributed by atoms with Crippen LogP contribution in [0.4, 0.5) is 0 Å². The quantitative estimate of drug-likeness (QED) is 0.467. The first-order valence-corrected chi connectivity index (χ1v) is 12.0. The topological polar surface area (TPSA) is 54.0 Å². The maximum atomic E-state index is 12.2. The lowest BCUT2D eigenvalue weighted by Gasteiger charge is -2.30. The van der Waals surface area contributed by atoms with Crippen molar-refractivity contribution in [3.63, 3.8) is 0 Å². The molecule has 1 amide bonds. The largest absolute Gasteiger partial charge is 0.490 e. The normalized spacial score (nSPS) is 12.9. The minimum atomic E-state index is -0.573. The third-order valence-corrected chi connectivity index (χ3v) is 5.75. The third-order valence-electron chi connectivity index (χ3n) is 5.75. The molecule has 0 radical (unpaired) electrons. The first kappa shape index (κ1) is 26.7. The summed E-state index contributed by atoms with van der Waals surface area (Å²) in [5.41, 5.74) is 2.48. The average molecular weight is 456 g/mol. The van der Waals surface area contributed by atoms with Crippen molar-refractivity contribution in [2.24, 2.45) is 0 Å². The number of nitrogens with zero attached hydrogens (tertiary/aromatic N) is 2. The van der Waals surface area contributed by atoms with Gasteiger partial charge in [-0.15, -0.1) is 0 Å². The summed E-state index contributed by atoms with van der Waals surface area (Å²) in [7, 11) is 3.45. The van der Waals surface area contributed by atoms with Crippen LogP contribution in [0, 0.1) is 0 Å². The Kier molecular flexibility index (Phi) is 11.2. The molecule has 0 aliphatic rings. The molecule has 33 heavy (non-hydrogen) atoms. The van der Waals surface area contributed by atoms with Gasteiger partial charge < -0.3 is 19.7 Å². The van der Waals surface area contributed by atoms with Gasteiger partial charge in [0.1, 0.15) is 0 Å². The average Bonchev–Trinajstić information content (AvgIpc) is 2.81. The molecule has 0 saturated heterocycles. The fourth-order valence-corrected chi connectivity index (χ4v) is 3.97. The van der Waals surface area contributed by atoms with Gasteiger partial charge in [-0.05, 0) is 56.6 Å². The minimum Gasteiger partial charge on any atom is -0.490 e. The molecule has 2 atom stereocenters. The van der Waals surface area contributed by atoms with Gasteiger partial charge in [0.2, 0.25) is 0 Å². The van der Waals surface area contributed by atoms with Crippen LogP contribution < -0.4 is 14.8 Å². The van der Waals surface area contributed by atoms with Gasteiger partial charge in [-0.2, -0.15) is 0 Å². The molecule has 2 rings (SSSR count). The van der Waals surface area contributed by atoms with Crippen molar-refractivity contribution in [1.29, 1.82) is 0 Å². The van der Waals surface area contributed by atoms with Crippen LogP contribution in [-0.4, -0.2) is 68.2 Å². The number of benzene rings is 2. The van der Waals surface area contributed by atoms with E-state index in [0.717, 1.165) is 38.2 Å². The van der Waals surface area contributed by atoms with Crippen molar-refractivity contribution in [3.8, 4) is 11.5 Å². The van der Waals surface area contributed by atoms with Crippen LogP contribution in [-0.2, 0) is 17.8 Å². The highest BCUT2D eigenvalue weighted by Crippen LogP contribution is 2.29. The molecule has 6 heteroatoms. The zero-order chi connectivity index (χ0) is 24.2. The number of hydrogen-bond acceptors (Lipinski definition) is 5. The van der Waals surface area contributed by atoms with Crippen LogP contribution in [0.3, 0.4) is 0 Å². The molecule has 2 aromatic carbocycles. The van der Waals surface area contributed by atoms with Gasteiger partial charge in [-0.25, -0.2) is 0 Å². The van der Waals surface area contributed by atoms with E-state index in [1.807, 2.05) is 25.1 Å². The predicted octanol–water partition coefficient (Wildman–Crippen LogP) is 3.98. The highest BCUT2D eigenvalue weighted by Gasteiger charge is 2.19. The fraction of sp³-hybridized carbons (Fsp3) is 0.519. The Morgan fingerprint density at radius 1 is 0.970 bits per heavy atom. The van der Waals surface area contributed by atoms with Crippen molar-refractivity contribution in [2.75, 3.05) is 40.3 Å². The molecular formula is C27H41N3O3. The minimum absolute atomic E-state index is 0.0796. The van der Waals surface area contributed by atoms with E-state index in [9.17, 15) is 4.79 Å². The standard InChI is InChI=1S/C27H41N3O3/c1-7-30(8-2)24(17-22-13-11-10-12-14-22)20-28-19-23-15-16-25(26(18-23)32-9-3)33-21(4)27(31)29(5)6/h10-16,18,21,24,28H,7-9,17,19-20H2,1-6H3. The summed E-state index contributed by atoms with van der Waals surface area (Å²) in [4.78, 5) is 16.2. The molecule has 2 aromatic rings. The third kappa shape index (κ3) is 8.37. The molecule has 1 N–H and O–H groups in total. The lowest BCUT2D eigenvalue weighted by Crippen LogP contribution is -2.43. The monoisotopic (exact) mass is 455 g/mol. The Hall–Kier alpha value is -2.57. The molecule has 2 unspecified atom stereocenters. The van der Waals surface area contributed by atoms with Crippen molar-refractivity contribution in [1.82, 2.24) is 15.1 Å². The maximum Gasteiger partial charge on any atom is 0.262 e. The number of nitrogens with one attached hydrogen (secondary N) is 1. The van der Waals surface area contributed by atoms with Crippen LogP contribution in [0.25, 0.3) is 0 Å². The smallest absolute Gasteiger partial charge is 0.262 e. The van der Waals surface area contributed by atoms with E-state index in [-0.39, 0.29) is 5.91 Å². The van der Waals surface area contributed by atoms with Crippen molar-refractivity contribution in [3.05, 3.63) is 59.7 Å². The van der Waals surface area contributed by atoms with Crippen molar-refractivity contribution < 1.29 is 14.3 Å². The molecule has 6 nitrogen and oxygen atoms in total. The van der Waals surface area contributed by atoms with Crippen molar-refractivity contribution >= 4 is 5.91 Å². The summed E-state index contributed by atoms with van der Waals surface area (Å²) in [5.74, 6) is 1.18. The van der Waals surface area contributed by atoms with Crippen LogP contribution in [0.15, 0.2) is 48.5 Å². The highest BCUT2D eigenvalue weighted by molar-refractivity contribution is 5.80. The van der Waals surface area contributed by atoms with Crippen molar-refractivity contribution in [2.45, 2.75) is 52.8 Å². The molecule has 182 valence electrons. The summed E-state index contributed by atoms with van der Waals surface area (Å²) in [6.07, 6.45) is 0.445. The second-order valence-electron chi connectivity index (χ2n) is 8.40. The highest BCUT2D eigenvalue weighted by atomic mass is 16.5. The first-order valence-electron chi connectivity index (χ1n) is 12.0. The molecular weight excluding hydrogens is 414 g/mol. The SMILES string of the molecule is CCOc1cc(CNCC(Cc2ccccc2)N(CC)CC)ccc1OC(C)C(=O)N(C)C. The Morgan fingerprint density at radius 3 is 2.27 bits per heavy atom. The molecule has 0 fully saturated rings. The summed E-state index contributed by atoms with van der Waals surface area (Å²) in [6, 6.07) is 17.0. The van der Waals surface area contributed by atoms with Crippen LogP contribution in [0.5, 0.6) is 11.5 Å². The molecule has 0 saturated carbocycles. The van der Waals surface area contributed by atoms with Gasteiger partial charge in [0, 0.05) is 33.2 Å². The zero-order valence-electron chi connectivity index (χ0n) is 21.1. The number of carbonyl (C=O) groups is 1. The number of hydrogen-bond donors (Lipinski definition) is 1. The summed E-state index contributed by atoms with van der Waals surface area (Å²) < 4.78 is 11.7. The number of rotatable bonds is 14. The summed E-state index contributed by atoms with van der Waals surface area (Å²) in [6.45, 7) is 12.4. The second kappa shape index (κ2) is 13.9. The molecule has 0 aliphatic heterocycles. The lowest BCUT2D eigenvalue weighted by molar-refractivity contribution is -0.135. The van der Waals surface area contributed by atoms with Gasteiger partial charge in [-0.3, -0.25) is 9.69 Å². The van der Waals surface area contributed by atoms with Crippen LogP contribution in [0.1, 0.15) is 38.8 Å². The first-order chi connectivity index (χ1) is 15.9. The number of likely N-dealkylation sites (N-methyl/N-ethyl adjacent to an activating group) is 2. The Morgan fingerprint density at radius 2 is 1.67 bits per heavy atom. The van der Waals surface area contributed by atoms with Gasteiger partial charge in [0.25, 0.3) is 5.91 Å². The van der Waals surface area contributed by atoms with E-state index >= 15 is 0 Å². The Labute approximate surface area is 199 Å².